The molecule has 0 aliphatic heterocycles. The lowest BCUT2D eigenvalue weighted by Crippen LogP contribution is -1.92. The lowest BCUT2D eigenvalue weighted by molar-refractivity contribution is 0.415. The van der Waals surface area contributed by atoms with Crippen molar-refractivity contribution in [1.29, 1.82) is 0 Å². The molecule has 0 unspecified atom stereocenters. The molecule has 1 heterocycles. The van der Waals surface area contributed by atoms with Gasteiger partial charge in [0, 0.05) is 10.7 Å². The Morgan fingerprint density at radius 2 is 2.10 bits per heavy atom. The first kappa shape index (κ1) is 13.2. The summed E-state index contributed by atoms with van der Waals surface area (Å²) in [5.74, 6) is 0.839. The third kappa shape index (κ3) is 2.44. The van der Waals surface area contributed by atoms with Crippen molar-refractivity contribution in [3.05, 3.63) is 47.0 Å². The molecule has 0 radical (unpaired) electrons. The fourth-order valence-electron chi connectivity index (χ4n) is 1.94. The zero-order chi connectivity index (χ0) is 14.1. The van der Waals surface area contributed by atoms with Gasteiger partial charge in [-0.3, -0.25) is 0 Å². The molecule has 0 saturated heterocycles. The SMILES string of the molecule is COc1ccc2nc(Nc3cccc(Cl)c3C)sc2c1. The molecule has 3 rings (SSSR count). The highest BCUT2D eigenvalue weighted by Crippen LogP contribution is 2.32. The zero-order valence-electron chi connectivity index (χ0n) is 11.1. The Labute approximate surface area is 126 Å². The highest BCUT2D eigenvalue weighted by molar-refractivity contribution is 7.22. The molecule has 1 N–H and O–H groups in total. The average Bonchev–Trinajstić information content (AvgIpc) is 2.85. The highest BCUT2D eigenvalue weighted by Gasteiger charge is 2.07. The van der Waals surface area contributed by atoms with Gasteiger partial charge in [0.2, 0.25) is 0 Å². The van der Waals surface area contributed by atoms with E-state index in [9.17, 15) is 0 Å². The third-order valence-electron chi connectivity index (χ3n) is 3.10. The minimum atomic E-state index is 0.748. The lowest BCUT2D eigenvalue weighted by Gasteiger charge is -2.07. The molecular weight excluding hydrogens is 292 g/mol. The van der Waals surface area contributed by atoms with Crippen LogP contribution in [0.5, 0.6) is 5.75 Å². The summed E-state index contributed by atoms with van der Waals surface area (Å²) in [6, 6.07) is 11.7. The van der Waals surface area contributed by atoms with Crippen LogP contribution < -0.4 is 10.1 Å². The van der Waals surface area contributed by atoms with E-state index >= 15 is 0 Å². The number of hydrogen-bond donors (Lipinski definition) is 1. The molecule has 5 heteroatoms. The number of benzene rings is 2. The number of hydrogen-bond acceptors (Lipinski definition) is 4. The van der Waals surface area contributed by atoms with E-state index in [0.29, 0.717) is 0 Å². The van der Waals surface area contributed by atoms with Crippen molar-refractivity contribution in [2.75, 3.05) is 12.4 Å². The van der Waals surface area contributed by atoms with Gasteiger partial charge in [-0.15, -0.1) is 0 Å². The number of halogens is 1. The van der Waals surface area contributed by atoms with Gasteiger partial charge in [-0.05, 0) is 42.8 Å². The second-order valence-corrected chi connectivity index (χ2v) is 5.83. The molecule has 0 atom stereocenters. The minimum absolute atomic E-state index is 0.748. The minimum Gasteiger partial charge on any atom is -0.497 e. The molecule has 1 aromatic heterocycles. The van der Waals surface area contributed by atoms with E-state index in [1.54, 1.807) is 18.4 Å². The topological polar surface area (TPSA) is 34.1 Å². The first-order chi connectivity index (χ1) is 9.67. The summed E-state index contributed by atoms with van der Waals surface area (Å²) < 4.78 is 6.32. The Morgan fingerprint density at radius 1 is 1.25 bits per heavy atom. The Morgan fingerprint density at radius 3 is 2.90 bits per heavy atom. The Bertz CT molecular complexity index is 770. The van der Waals surface area contributed by atoms with Gasteiger partial charge in [0.05, 0.1) is 17.3 Å². The fourth-order valence-corrected chi connectivity index (χ4v) is 3.02. The van der Waals surface area contributed by atoms with Gasteiger partial charge in [-0.1, -0.05) is 29.0 Å². The molecule has 0 amide bonds. The number of nitrogens with zero attached hydrogens (tertiary/aromatic N) is 1. The molecule has 20 heavy (non-hydrogen) atoms. The van der Waals surface area contributed by atoms with Crippen LogP contribution in [-0.4, -0.2) is 12.1 Å². The van der Waals surface area contributed by atoms with E-state index in [-0.39, 0.29) is 0 Å². The summed E-state index contributed by atoms with van der Waals surface area (Å²) in [5, 5.41) is 4.92. The van der Waals surface area contributed by atoms with Crippen LogP contribution in [0.1, 0.15) is 5.56 Å². The van der Waals surface area contributed by atoms with E-state index in [2.05, 4.69) is 10.3 Å². The van der Waals surface area contributed by atoms with Crippen LogP contribution >= 0.6 is 22.9 Å². The van der Waals surface area contributed by atoms with E-state index in [0.717, 1.165) is 37.4 Å². The van der Waals surface area contributed by atoms with Crippen molar-refractivity contribution in [3.8, 4) is 5.75 Å². The van der Waals surface area contributed by atoms with Gasteiger partial charge < -0.3 is 10.1 Å². The number of fused-ring (bicyclic) bond motifs is 1. The van der Waals surface area contributed by atoms with Crippen molar-refractivity contribution in [2.45, 2.75) is 6.92 Å². The largest absolute Gasteiger partial charge is 0.497 e. The summed E-state index contributed by atoms with van der Waals surface area (Å²) in [7, 11) is 1.66. The smallest absolute Gasteiger partial charge is 0.188 e. The van der Waals surface area contributed by atoms with E-state index in [1.165, 1.54) is 0 Å². The summed E-state index contributed by atoms with van der Waals surface area (Å²) >= 11 is 7.72. The van der Waals surface area contributed by atoms with Crippen molar-refractivity contribution in [2.24, 2.45) is 0 Å². The zero-order valence-corrected chi connectivity index (χ0v) is 12.7. The van der Waals surface area contributed by atoms with Crippen LogP contribution in [0.2, 0.25) is 5.02 Å². The molecule has 0 aliphatic rings. The standard InChI is InChI=1S/C15H13ClN2OS/c1-9-11(16)4-3-5-12(9)17-15-18-13-7-6-10(19-2)8-14(13)20-15/h3-8H,1-2H3,(H,17,18). The number of ether oxygens (including phenoxy) is 1. The summed E-state index contributed by atoms with van der Waals surface area (Å²) in [6.07, 6.45) is 0. The molecule has 0 bridgehead atoms. The summed E-state index contributed by atoms with van der Waals surface area (Å²) in [6.45, 7) is 1.99. The van der Waals surface area contributed by atoms with Crippen LogP contribution in [0.4, 0.5) is 10.8 Å². The van der Waals surface area contributed by atoms with Gasteiger partial charge in [-0.2, -0.15) is 0 Å². The maximum Gasteiger partial charge on any atom is 0.188 e. The maximum atomic E-state index is 6.12. The van der Waals surface area contributed by atoms with E-state index in [1.807, 2.05) is 43.3 Å². The number of nitrogens with one attached hydrogen (secondary N) is 1. The number of methoxy groups -OCH3 is 1. The molecule has 0 aliphatic carbocycles. The molecule has 0 fully saturated rings. The average molecular weight is 305 g/mol. The lowest BCUT2D eigenvalue weighted by atomic mass is 10.2. The first-order valence-corrected chi connectivity index (χ1v) is 7.33. The predicted octanol–water partition coefficient (Wildman–Crippen LogP) is 5.01. The van der Waals surface area contributed by atoms with Gasteiger partial charge in [0.1, 0.15) is 5.75 Å². The number of anilines is 2. The van der Waals surface area contributed by atoms with Crippen LogP contribution in [0.15, 0.2) is 36.4 Å². The molecule has 2 aromatic carbocycles. The molecule has 3 nitrogen and oxygen atoms in total. The molecule has 0 saturated carbocycles. The van der Waals surface area contributed by atoms with Gasteiger partial charge >= 0.3 is 0 Å². The van der Waals surface area contributed by atoms with Gasteiger partial charge in [0.15, 0.2) is 5.13 Å². The quantitative estimate of drug-likeness (QED) is 0.738. The van der Waals surface area contributed by atoms with E-state index < -0.39 is 0 Å². The first-order valence-electron chi connectivity index (χ1n) is 6.14. The molecule has 3 aromatic rings. The highest BCUT2D eigenvalue weighted by atomic mass is 35.5. The third-order valence-corrected chi connectivity index (χ3v) is 4.45. The van der Waals surface area contributed by atoms with Crippen LogP contribution in [-0.2, 0) is 0 Å². The predicted molar refractivity (Wildman–Crippen MR) is 85.6 cm³/mol. The van der Waals surface area contributed by atoms with E-state index in [4.69, 9.17) is 16.3 Å². The molecule has 0 spiro atoms. The molecule has 102 valence electrons. The molecular formula is C15H13ClN2OS. The second-order valence-electron chi connectivity index (χ2n) is 4.39. The van der Waals surface area contributed by atoms with Crippen molar-refractivity contribution in [1.82, 2.24) is 4.98 Å². The van der Waals surface area contributed by atoms with Crippen LogP contribution in [0.3, 0.4) is 0 Å². The van der Waals surface area contributed by atoms with Crippen LogP contribution in [0, 0.1) is 6.92 Å². The maximum absolute atomic E-state index is 6.12. The summed E-state index contributed by atoms with van der Waals surface area (Å²) in [4.78, 5) is 4.56. The normalized spacial score (nSPS) is 10.8. The Hall–Kier alpha value is -1.78. The Balaban J connectivity index is 1.96. The fraction of sp³-hybridized carbons (Fsp3) is 0.133. The van der Waals surface area contributed by atoms with Gasteiger partial charge in [0.25, 0.3) is 0 Å². The monoisotopic (exact) mass is 304 g/mol. The van der Waals surface area contributed by atoms with Crippen LogP contribution in [0.25, 0.3) is 10.2 Å². The Kier molecular flexibility index (Phi) is 3.51. The number of aromatic nitrogens is 1. The number of rotatable bonds is 3. The second kappa shape index (κ2) is 5.31. The van der Waals surface area contributed by atoms with Crippen molar-refractivity contribution < 1.29 is 4.74 Å². The van der Waals surface area contributed by atoms with Gasteiger partial charge in [-0.25, -0.2) is 4.98 Å². The number of thiazole rings is 1. The summed E-state index contributed by atoms with van der Waals surface area (Å²) in [5.41, 5.74) is 2.95. The van der Waals surface area contributed by atoms with Crippen molar-refractivity contribution >= 4 is 44.0 Å². The van der Waals surface area contributed by atoms with Crippen molar-refractivity contribution in [3.63, 3.8) is 0 Å².